The van der Waals surface area contributed by atoms with E-state index >= 15 is 0 Å². The van der Waals surface area contributed by atoms with Gasteiger partial charge in [-0.15, -0.1) is 0 Å². The highest BCUT2D eigenvalue weighted by Gasteiger charge is 2.18. The number of aliphatic hydroxyl groups excluding tert-OH is 1. The molecule has 0 bridgehead atoms. The smallest absolute Gasteiger partial charge is 0.0931 e. The molecule has 2 aromatic rings. The summed E-state index contributed by atoms with van der Waals surface area (Å²) in [5.74, 6) is 0. The van der Waals surface area contributed by atoms with Gasteiger partial charge in [-0.3, -0.25) is 0 Å². The minimum atomic E-state index is -0.0396. The molecule has 0 unspecified atom stereocenters. The van der Waals surface area contributed by atoms with Gasteiger partial charge in [0.15, 0.2) is 0 Å². The zero-order valence-electron chi connectivity index (χ0n) is 12.0. The molecule has 2 rings (SSSR count). The number of rotatable bonds is 6. The number of likely N-dealkylation sites (N-methyl/N-ethyl adjacent to an activating group) is 1. The average molecular weight is 261 g/mol. The number of imidazole rings is 1. The van der Waals surface area contributed by atoms with E-state index in [0.29, 0.717) is 0 Å². The average Bonchev–Trinajstić information content (AvgIpc) is 2.83. The Morgan fingerprint density at radius 1 is 1.37 bits per heavy atom. The Morgan fingerprint density at radius 3 is 2.89 bits per heavy atom. The number of aromatic amines is 1. The summed E-state index contributed by atoms with van der Waals surface area (Å²) in [6.07, 6.45) is 2.73. The Balaban J connectivity index is 1.91. The summed E-state index contributed by atoms with van der Waals surface area (Å²) in [5, 5.41) is 9.29. The van der Waals surface area contributed by atoms with Crippen molar-refractivity contribution < 1.29 is 5.11 Å². The Hall–Kier alpha value is -1.39. The molecule has 0 aliphatic heterocycles. The minimum absolute atomic E-state index is 0.0396. The lowest BCUT2D eigenvalue weighted by Gasteiger charge is -2.28. The van der Waals surface area contributed by atoms with E-state index < -0.39 is 0 Å². The molecule has 19 heavy (non-hydrogen) atoms. The van der Waals surface area contributed by atoms with Crippen molar-refractivity contribution in [3.63, 3.8) is 0 Å². The van der Waals surface area contributed by atoms with Crippen LogP contribution in [0, 0.1) is 5.41 Å². The molecule has 0 spiro atoms. The number of fused-ring (bicyclic) bond motifs is 1. The van der Waals surface area contributed by atoms with E-state index in [9.17, 15) is 5.11 Å². The highest BCUT2D eigenvalue weighted by atomic mass is 16.3. The van der Waals surface area contributed by atoms with Gasteiger partial charge in [-0.1, -0.05) is 19.9 Å². The summed E-state index contributed by atoms with van der Waals surface area (Å²) in [6.45, 7) is 6.27. The molecule has 0 aliphatic rings. The zero-order chi connectivity index (χ0) is 13.9. The summed E-state index contributed by atoms with van der Waals surface area (Å²) in [5.41, 5.74) is 3.38. The maximum Gasteiger partial charge on any atom is 0.0931 e. The third-order valence-electron chi connectivity index (χ3n) is 3.39. The summed E-state index contributed by atoms with van der Waals surface area (Å²) in [6, 6.07) is 6.35. The maximum absolute atomic E-state index is 9.29. The van der Waals surface area contributed by atoms with Gasteiger partial charge in [-0.05, 0) is 31.2 Å². The second-order valence-electron chi connectivity index (χ2n) is 6.06. The SMILES string of the molecule is CN(CCc1ccc2nc[nH]c2c1)CC(C)(C)CO. The number of benzene rings is 1. The van der Waals surface area contributed by atoms with Gasteiger partial charge in [0.05, 0.1) is 17.4 Å². The van der Waals surface area contributed by atoms with Crippen molar-refractivity contribution in [2.75, 3.05) is 26.7 Å². The molecule has 0 fully saturated rings. The van der Waals surface area contributed by atoms with E-state index in [0.717, 1.165) is 30.5 Å². The van der Waals surface area contributed by atoms with Crippen molar-refractivity contribution in [1.29, 1.82) is 0 Å². The molecule has 4 heteroatoms. The highest BCUT2D eigenvalue weighted by Crippen LogP contribution is 2.16. The fourth-order valence-electron chi connectivity index (χ4n) is 2.32. The fraction of sp³-hybridized carbons (Fsp3) is 0.533. The van der Waals surface area contributed by atoms with Gasteiger partial charge in [-0.2, -0.15) is 0 Å². The Kier molecular flexibility index (Phi) is 4.22. The fourth-order valence-corrected chi connectivity index (χ4v) is 2.32. The molecule has 1 aromatic heterocycles. The summed E-state index contributed by atoms with van der Waals surface area (Å²) < 4.78 is 0. The van der Waals surface area contributed by atoms with Crippen molar-refractivity contribution in [1.82, 2.24) is 14.9 Å². The molecule has 1 heterocycles. The number of nitrogens with one attached hydrogen (secondary N) is 1. The van der Waals surface area contributed by atoms with Crippen molar-refractivity contribution in [2.45, 2.75) is 20.3 Å². The monoisotopic (exact) mass is 261 g/mol. The molecule has 0 radical (unpaired) electrons. The van der Waals surface area contributed by atoms with Crippen LogP contribution in [0.1, 0.15) is 19.4 Å². The van der Waals surface area contributed by atoms with Gasteiger partial charge < -0.3 is 15.0 Å². The summed E-state index contributed by atoms with van der Waals surface area (Å²) in [4.78, 5) is 9.63. The first-order valence-electron chi connectivity index (χ1n) is 6.72. The number of aromatic nitrogens is 2. The molecule has 0 atom stereocenters. The third-order valence-corrected chi connectivity index (χ3v) is 3.39. The first-order valence-corrected chi connectivity index (χ1v) is 6.72. The van der Waals surface area contributed by atoms with Crippen LogP contribution in [-0.2, 0) is 6.42 Å². The largest absolute Gasteiger partial charge is 0.396 e. The Labute approximate surface area is 114 Å². The Morgan fingerprint density at radius 2 is 2.16 bits per heavy atom. The third kappa shape index (κ3) is 3.78. The predicted octanol–water partition coefficient (Wildman–Crippen LogP) is 2.06. The summed E-state index contributed by atoms with van der Waals surface area (Å²) >= 11 is 0. The molecule has 2 N–H and O–H groups in total. The van der Waals surface area contributed by atoms with Crippen molar-refractivity contribution in [3.05, 3.63) is 30.1 Å². The lowest BCUT2D eigenvalue weighted by molar-refractivity contribution is 0.116. The van der Waals surface area contributed by atoms with Crippen molar-refractivity contribution in [3.8, 4) is 0 Å². The molecule has 1 aromatic carbocycles. The molecule has 0 saturated heterocycles. The van der Waals surface area contributed by atoms with Crippen LogP contribution in [0.25, 0.3) is 11.0 Å². The van der Waals surface area contributed by atoms with Gasteiger partial charge >= 0.3 is 0 Å². The zero-order valence-corrected chi connectivity index (χ0v) is 12.0. The van der Waals surface area contributed by atoms with Gasteiger partial charge in [0.1, 0.15) is 0 Å². The van der Waals surface area contributed by atoms with Gasteiger partial charge in [0.2, 0.25) is 0 Å². The van der Waals surface area contributed by atoms with Crippen molar-refractivity contribution >= 4 is 11.0 Å². The van der Waals surface area contributed by atoms with Crippen LogP contribution in [0.4, 0.5) is 0 Å². The second-order valence-corrected chi connectivity index (χ2v) is 6.06. The topological polar surface area (TPSA) is 52.2 Å². The summed E-state index contributed by atoms with van der Waals surface area (Å²) in [7, 11) is 2.10. The normalized spacial score (nSPS) is 12.5. The quantitative estimate of drug-likeness (QED) is 0.837. The van der Waals surface area contributed by atoms with Gasteiger partial charge in [0.25, 0.3) is 0 Å². The highest BCUT2D eigenvalue weighted by molar-refractivity contribution is 5.75. The number of hydrogen-bond acceptors (Lipinski definition) is 3. The molecule has 0 saturated carbocycles. The number of H-pyrrole nitrogens is 1. The second kappa shape index (κ2) is 5.72. The maximum atomic E-state index is 9.29. The first kappa shape index (κ1) is 14.0. The van der Waals surface area contributed by atoms with E-state index in [2.05, 4.69) is 54.0 Å². The standard InChI is InChI=1S/C15H23N3O/c1-15(2,10-19)9-18(3)7-6-12-4-5-13-14(8-12)17-11-16-13/h4-5,8,11,19H,6-7,9-10H2,1-3H3,(H,16,17). The van der Waals surface area contributed by atoms with Crippen molar-refractivity contribution in [2.24, 2.45) is 5.41 Å². The first-order chi connectivity index (χ1) is 9.00. The molecule has 104 valence electrons. The molecular weight excluding hydrogens is 238 g/mol. The number of nitrogens with zero attached hydrogens (tertiary/aromatic N) is 2. The lowest BCUT2D eigenvalue weighted by atomic mass is 9.94. The van der Waals surface area contributed by atoms with Crippen LogP contribution in [0.5, 0.6) is 0 Å². The van der Waals surface area contributed by atoms with Crippen LogP contribution in [0.2, 0.25) is 0 Å². The number of aliphatic hydroxyl groups is 1. The van der Waals surface area contributed by atoms with E-state index in [1.54, 1.807) is 6.33 Å². The minimum Gasteiger partial charge on any atom is -0.396 e. The van der Waals surface area contributed by atoms with E-state index in [1.165, 1.54) is 5.56 Å². The number of hydrogen-bond donors (Lipinski definition) is 2. The lowest BCUT2D eigenvalue weighted by Crippen LogP contribution is -2.35. The molecular formula is C15H23N3O. The van der Waals surface area contributed by atoms with Crippen LogP contribution in [-0.4, -0.2) is 46.7 Å². The van der Waals surface area contributed by atoms with Crippen LogP contribution < -0.4 is 0 Å². The van der Waals surface area contributed by atoms with Gasteiger partial charge in [-0.25, -0.2) is 4.98 Å². The van der Waals surface area contributed by atoms with E-state index in [4.69, 9.17) is 0 Å². The Bertz CT molecular complexity index is 533. The van der Waals surface area contributed by atoms with Gasteiger partial charge in [0, 0.05) is 25.1 Å². The van der Waals surface area contributed by atoms with E-state index in [1.807, 2.05) is 0 Å². The molecule has 0 amide bonds. The van der Waals surface area contributed by atoms with Crippen LogP contribution in [0.3, 0.4) is 0 Å². The van der Waals surface area contributed by atoms with E-state index in [-0.39, 0.29) is 12.0 Å². The van der Waals surface area contributed by atoms with Crippen LogP contribution >= 0.6 is 0 Å². The predicted molar refractivity (Wildman–Crippen MR) is 78.2 cm³/mol. The molecule has 0 aliphatic carbocycles. The molecule has 4 nitrogen and oxygen atoms in total. The van der Waals surface area contributed by atoms with Crippen LogP contribution in [0.15, 0.2) is 24.5 Å².